The Morgan fingerprint density at radius 2 is 1.90 bits per heavy atom. The molecule has 0 aromatic rings. The summed E-state index contributed by atoms with van der Waals surface area (Å²) in [6, 6.07) is 0. The molecule has 1 saturated heterocycles. The Bertz CT molecular complexity index is 117. The molecule has 1 heterocycles. The summed E-state index contributed by atoms with van der Waals surface area (Å²) in [4.78, 5) is 0. The molecule has 0 N–H and O–H groups in total. The molecule has 0 aromatic carbocycles. The van der Waals surface area contributed by atoms with Crippen molar-refractivity contribution >= 4 is 0 Å². The predicted octanol–water partition coefficient (Wildman–Crippen LogP) is 2.02. The van der Waals surface area contributed by atoms with Crippen LogP contribution in [0.15, 0.2) is 0 Å². The second-order valence-corrected chi connectivity index (χ2v) is 4.03. The van der Waals surface area contributed by atoms with Crippen molar-refractivity contribution in [2.45, 2.75) is 26.9 Å². The molecule has 0 saturated carbocycles. The lowest BCUT2D eigenvalue weighted by atomic mass is 9.80. The first-order valence-corrected chi connectivity index (χ1v) is 3.73. The van der Waals surface area contributed by atoms with Crippen LogP contribution in [0.5, 0.6) is 0 Å². The molecule has 0 bridgehead atoms. The molecule has 1 aliphatic heterocycles. The number of ether oxygens (including phenoxy) is 1. The van der Waals surface area contributed by atoms with Gasteiger partial charge in [-0.25, -0.2) is 4.39 Å². The van der Waals surface area contributed by atoms with E-state index in [4.69, 9.17) is 4.74 Å². The van der Waals surface area contributed by atoms with E-state index in [1.165, 1.54) is 0 Å². The smallest absolute Gasteiger partial charge is 0.129 e. The Hall–Kier alpha value is -0.110. The lowest BCUT2D eigenvalue weighted by Crippen LogP contribution is -2.27. The Kier molecular flexibility index (Phi) is 1.99. The summed E-state index contributed by atoms with van der Waals surface area (Å²) in [5, 5.41) is 0. The van der Waals surface area contributed by atoms with Gasteiger partial charge in [0.15, 0.2) is 0 Å². The van der Waals surface area contributed by atoms with Crippen LogP contribution < -0.4 is 0 Å². The molecular formula is C8H15FO. The molecule has 10 heavy (non-hydrogen) atoms. The number of halogens is 1. The van der Waals surface area contributed by atoms with E-state index in [1.807, 2.05) is 0 Å². The van der Waals surface area contributed by atoms with Gasteiger partial charge in [0.2, 0.25) is 0 Å². The zero-order chi connectivity index (χ0) is 7.78. The van der Waals surface area contributed by atoms with Gasteiger partial charge in [0.05, 0.1) is 13.2 Å². The summed E-state index contributed by atoms with van der Waals surface area (Å²) < 4.78 is 18.0. The molecule has 1 aliphatic rings. The first-order valence-electron chi connectivity index (χ1n) is 3.73. The van der Waals surface area contributed by atoms with Crippen LogP contribution in [0.4, 0.5) is 4.39 Å². The van der Waals surface area contributed by atoms with E-state index in [9.17, 15) is 4.39 Å². The minimum Gasteiger partial charge on any atom is -0.378 e. The van der Waals surface area contributed by atoms with E-state index in [0.717, 1.165) is 0 Å². The van der Waals surface area contributed by atoms with E-state index >= 15 is 0 Å². The van der Waals surface area contributed by atoms with Gasteiger partial charge in [-0.3, -0.25) is 0 Å². The molecule has 2 unspecified atom stereocenters. The quantitative estimate of drug-likeness (QED) is 0.508. The third kappa shape index (κ3) is 1.48. The van der Waals surface area contributed by atoms with Crippen LogP contribution in [0.2, 0.25) is 0 Å². The molecule has 0 radical (unpaired) electrons. The van der Waals surface area contributed by atoms with E-state index in [0.29, 0.717) is 13.2 Å². The highest BCUT2D eigenvalue weighted by atomic mass is 19.1. The van der Waals surface area contributed by atoms with Gasteiger partial charge < -0.3 is 4.74 Å². The molecule has 2 heteroatoms. The summed E-state index contributed by atoms with van der Waals surface area (Å²) in [5.41, 5.74) is 0.0515. The minimum absolute atomic E-state index is 0.0515. The highest BCUT2D eigenvalue weighted by Crippen LogP contribution is 2.33. The van der Waals surface area contributed by atoms with Crippen molar-refractivity contribution in [2.75, 3.05) is 13.2 Å². The van der Waals surface area contributed by atoms with Gasteiger partial charge in [0, 0.05) is 5.92 Å². The van der Waals surface area contributed by atoms with E-state index in [1.54, 1.807) is 0 Å². The van der Waals surface area contributed by atoms with Crippen LogP contribution in [0.25, 0.3) is 0 Å². The average molecular weight is 146 g/mol. The third-order valence-corrected chi connectivity index (χ3v) is 2.12. The number of alkyl halides is 1. The molecule has 2 atom stereocenters. The fourth-order valence-electron chi connectivity index (χ4n) is 1.32. The maximum Gasteiger partial charge on any atom is 0.129 e. The van der Waals surface area contributed by atoms with Crippen molar-refractivity contribution in [3.05, 3.63) is 0 Å². The topological polar surface area (TPSA) is 9.23 Å². The molecule has 0 spiro atoms. The van der Waals surface area contributed by atoms with Crippen molar-refractivity contribution in [3.8, 4) is 0 Å². The summed E-state index contributed by atoms with van der Waals surface area (Å²) >= 11 is 0. The highest BCUT2D eigenvalue weighted by molar-refractivity contribution is 4.83. The maximum atomic E-state index is 13.0. The van der Waals surface area contributed by atoms with Crippen molar-refractivity contribution in [2.24, 2.45) is 11.3 Å². The number of rotatable bonds is 0. The number of hydrogen-bond donors (Lipinski definition) is 0. The summed E-state index contributed by atoms with van der Waals surface area (Å²) in [6.45, 7) is 7.05. The van der Waals surface area contributed by atoms with Crippen molar-refractivity contribution in [1.82, 2.24) is 0 Å². The van der Waals surface area contributed by atoms with Crippen molar-refractivity contribution < 1.29 is 9.13 Å². The SMILES string of the molecule is CC(C)(C)C1COCC1F. The predicted molar refractivity (Wildman–Crippen MR) is 38.7 cm³/mol. The normalized spacial score (nSPS) is 34.8. The van der Waals surface area contributed by atoms with E-state index in [-0.39, 0.29) is 11.3 Å². The molecular weight excluding hydrogens is 131 g/mol. The van der Waals surface area contributed by atoms with Crippen molar-refractivity contribution in [3.63, 3.8) is 0 Å². The van der Waals surface area contributed by atoms with Crippen molar-refractivity contribution in [1.29, 1.82) is 0 Å². The summed E-state index contributed by atoms with van der Waals surface area (Å²) in [6.07, 6.45) is -0.750. The average Bonchev–Trinajstić information content (AvgIpc) is 2.11. The zero-order valence-corrected chi connectivity index (χ0v) is 6.86. The maximum absolute atomic E-state index is 13.0. The van der Waals surface area contributed by atoms with Gasteiger partial charge in [-0.05, 0) is 5.41 Å². The van der Waals surface area contributed by atoms with Crippen LogP contribution in [0.1, 0.15) is 20.8 Å². The van der Waals surface area contributed by atoms with Crippen LogP contribution >= 0.6 is 0 Å². The van der Waals surface area contributed by atoms with Gasteiger partial charge in [-0.2, -0.15) is 0 Å². The molecule has 0 aromatic heterocycles. The lowest BCUT2D eigenvalue weighted by molar-refractivity contribution is 0.146. The Labute approximate surface area is 61.6 Å². The minimum atomic E-state index is -0.750. The molecule has 60 valence electrons. The molecule has 1 nitrogen and oxygen atoms in total. The Balaban J connectivity index is 2.55. The van der Waals surface area contributed by atoms with Crippen LogP contribution in [-0.4, -0.2) is 19.4 Å². The van der Waals surface area contributed by atoms with Crippen LogP contribution in [-0.2, 0) is 4.74 Å². The lowest BCUT2D eigenvalue weighted by Gasteiger charge is -2.26. The van der Waals surface area contributed by atoms with Gasteiger partial charge >= 0.3 is 0 Å². The fourth-order valence-corrected chi connectivity index (χ4v) is 1.32. The Morgan fingerprint density at radius 1 is 1.30 bits per heavy atom. The zero-order valence-electron chi connectivity index (χ0n) is 6.86. The first kappa shape index (κ1) is 7.99. The van der Waals surface area contributed by atoms with Gasteiger partial charge in [0.25, 0.3) is 0 Å². The van der Waals surface area contributed by atoms with Gasteiger partial charge in [-0.1, -0.05) is 20.8 Å². The molecule has 0 aliphatic carbocycles. The Morgan fingerprint density at radius 3 is 2.10 bits per heavy atom. The summed E-state index contributed by atoms with van der Waals surface area (Å²) in [5.74, 6) is 0.0903. The fraction of sp³-hybridized carbons (Fsp3) is 1.00. The third-order valence-electron chi connectivity index (χ3n) is 2.12. The first-order chi connectivity index (χ1) is 4.52. The molecule has 0 amide bonds. The van der Waals surface area contributed by atoms with Crippen LogP contribution in [0, 0.1) is 11.3 Å². The van der Waals surface area contributed by atoms with E-state index < -0.39 is 6.17 Å². The molecule has 1 rings (SSSR count). The van der Waals surface area contributed by atoms with E-state index in [2.05, 4.69) is 20.8 Å². The van der Waals surface area contributed by atoms with Gasteiger partial charge in [0.1, 0.15) is 6.17 Å². The summed E-state index contributed by atoms with van der Waals surface area (Å²) in [7, 11) is 0. The monoisotopic (exact) mass is 146 g/mol. The highest BCUT2D eigenvalue weighted by Gasteiger charge is 2.36. The largest absolute Gasteiger partial charge is 0.378 e. The second-order valence-electron chi connectivity index (χ2n) is 4.03. The molecule has 1 fully saturated rings. The van der Waals surface area contributed by atoms with Crippen LogP contribution in [0.3, 0.4) is 0 Å². The van der Waals surface area contributed by atoms with Gasteiger partial charge in [-0.15, -0.1) is 0 Å². The number of hydrogen-bond acceptors (Lipinski definition) is 1. The standard InChI is InChI=1S/C8H15FO/c1-8(2,3)6-4-10-5-7(6)9/h6-7H,4-5H2,1-3H3. The second kappa shape index (κ2) is 2.50.